The standard InChI is InChI=1S/C21H29N/c1-16(21(2,3)4)17-11-13-18(14-12-17)20-10-8-7-9-19(20)15-22(5)6/h7-14,16H,15H2,1-6H3/t16-/m1/s1. The van der Waals surface area contributed by atoms with Crippen LogP contribution in [0.4, 0.5) is 0 Å². The molecule has 2 aromatic carbocycles. The summed E-state index contributed by atoms with van der Waals surface area (Å²) in [5.74, 6) is 0.554. The molecule has 0 radical (unpaired) electrons. The average Bonchev–Trinajstić information content (AvgIpc) is 2.46. The Labute approximate surface area is 136 Å². The van der Waals surface area contributed by atoms with Gasteiger partial charge in [0.1, 0.15) is 0 Å². The van der Waals surface area contributed by atoms with Crippen molar-refractivity contribution in [3.8, 4) is 11.1 Å². The quantitative estimate of drug-likeness (QED) is 0.713. The molecular formula is C21H29N. The van der Waals surface area contributed by atoms with E-state index in [0.29, 0.717) is 11.3 Å². The smallest absolute Gasteiger partial charge is 0.0233 e. The zero-order valence-corrected chi connectivity index (χ0v) is 14.9. The Kier molecular flexibility index (Phi) is 5.08. The molecule has 0 saturated heterocycles. The van der Waals surface area contributed by atoms with Gasteiger partial charge in [-0.25, -0.2) is 0 Å². The molecule has 0 heterocycles. The van der Waals surface area contributed by atoms with Gasteiger partial charge in [0.15, 0.2) is 0 Å². The van der Waals surface area contributed by atoms with E-state index in [2.05, 4.69) is 95.2 Å². The van der Waals surface area contributed by atoms with Crippen molar-refractivity contribution in [2.24, 2.45) is 5.41 Å². The summed E-state index contributed by atoms with van der Waals surface area (Å²) in [5, 5.41) is 0. The highest BCUT2D eigenvalue weighted by Gasteiger charge is 2.21. The Balaban J connectivity index is 2.32. The van der Waals surface area contributed by atoms with Crippen molar-refractivity contribution in [2.45, 2.75) is 40.2 Å². The fourth-order valence-corrected chi connectivity index (χ4v) is 2.73. The molecule has 0 amide bonds. The second-order valence-electron chi connectivity index (χ2n) is 7.60. The monoisotopic (exact) mass is 295 g/mol. The first-order valence-corrected chi connectivity index (χ1v) is 8.12. The first-order valence-electron chi connectivity index (χ1n) is 8.12. The van der Waals surface area contributed by atoms with Crippen molar-refractivity contribution in [1.82, 2.24) is 4.90 Å². The van der Waals surface area contributed by atoms with Gasteiger partial charge in [0.05, 0.1) is 0 Å². The van der Waals surface area contributed by atoms with Crippen LogP contribution in [0.3, 0.4) is 0 Å². The van der Waals surface area contributed by atoms with E-state index < -0.39 is 0 Å². The molecule has 118 valence electrons. The molecule has 2 rings (SSSR count). The highest BCUT2D eigenvalue weighted by molar-refractivity contribution is 5.67. The van der Waals surface area contributed by atoms with Crippen LogP contribution in [0.15, 0.2) is 48.5 Å². The lowest BCUT2D eigenvalue weighted by molar-refractivity contribution is 0.339. The lowest BCUT2D eigenvalue weighted by Gasteiger charge is -2.27. The Hall–Kier alpha value is -1.60. The lowest BCUT2D eigenvalue weighted by Crippen LogP contribution is -2.15. The van der Waals surface area contributed by atoms with Gasteiger partial charge in [-0.1, -0.05) is 76.2 Å². The Bertz CT molecular complexity index is 603. The predicted octanol–water partition coefficient (Wildman–Crippen LogP) is 5.56. The molecule has 0 spiro atoms. The first kappa shape index (κ1) is 16.8. The third-order valence-electron chi connectivity index (χ3n) is 4.52. The van der Waals surface area contributed by atoms with E-state index >= 15 is 0 Å². The van der Waals surface area contributed by atoms with E-state index in [9.17, 15) is 0 Å². The van der Waals surface area contributed by atoms with Crippen molar-refractivity contribution in [3.63, 3.8) is 0 Å². The molecule has 0 fully saturated rings. The van der Waals surface area contributed by atoms with E-state index in [-0.39, 0.29) is 0 Å². The average molecular weight is 295 g/mol. The highest BCUT2D eigenvalue weighted by Crippen LogP contribution is 2.35. The van der Waals surface area contributed by atoms with E-state index in [1.807, 2.05) is 0 Å². The fourth-order valence-electron chi connectivity index (χ4n) is 2.73. The summed E-state index contributed by atoms with van der Waals surface area (Å²) >= 11 is 0. The maximum atomic E-state index is 2.31. The first-order chi connectivity index (χ1) is 10.3. The zero-order chi connectivity index (χ0) is 16.3. The Morgan fingerprint density at radius 2 is 1.50 bits per heavy atom. The van der Waals surface area contributed by atoms with Gasteiger partial charge < -0.3 is 4.90 Å². The second-order valence-corrected chi connectivity index (χ2v) is 7.60. The van der Waals surface area contributed by atoms with Gasteiger partial charge >= 0.3 is 0 Å². The summed E-state index contributed by atoms with van der Waals surface area (Å²) in [6.07, 6.45) is 0. The summed E-state index contributed by atoms with van der Waals surface area (Å²) in [7, 11) is 4.23. The highest BCUT2D eigenvalue weighted by atomic mass is 15.0. The van der Waals surface area contributed by atoms with Crippen LogP contribution in [0.2, 0.25) is 0 Å². The summed E-state index contributed by atoms with van der Waals surface area (Å²) < 4.78 is 0. The van der Waals surface area contributed by atoms with Gasteiger partial charge in [0.25, 0.3) is 0 Å². The molecule has 2 aromatic rings. The fraction of sp³-hybridized carbons (Fsp3) is 0.429. The third kappa shape index (κ3) is 3.98. The molecule has 1 atom stereocenters. The largest absolute Gasteiger partial charge is 0.305 e. The van der Waals surface area contributed by atoms with Gasteiger partial charge in [-0.3, -0.25) is 0 Å². The van der Waals surface area contributed by atoms with Crippen LogP contribution < -0.4 is 0 Å². The zero-order valence-electron chi connectivity index (χ0n) is 14.9. The topological polar surface area (TPSA) is 3.24 Å². The second kappa shape index (κ2) is 6.66. The van der Waals surface area contributed by atoms with Crippen LogP contribution in [0, 0.1) is 5.41 Å². The van der Waals surface area contributed by atoms with E-state index in [1.54, 1.807) is 0 Å². The molecule has 22 heavy (non-hydrogen) atoms. The predicted molar refractivity (Wildman–Crippen MR) is 97.1 cm³/mol. The summed E-state index contributed by atoms with van der Waals surface area (Å²) in [6, 6.07) is 17.8. The lowest BCUT2D eigenvalue weighted by atomic mass is 9.77. The maximum absolute atomic E-state index is 2.31. The van der Waals surface area contributed by atoms with Crippen molar-refractivity contribution < 1.29 is 0 Å². The van der Waals surface area contributed by atoms with E-state index in [1.165, 1.54) is 22.3 Å². The molecule has 0 bridgehead atoms. The molecular weight excluding hydrogens is 266 g/mol. The molecule has 0 aliphatic rings. The maximum Gasteiger partial charge on any atom is 0.0233 e. The number of hydrogen-bond acceptors (Lipinski definition) is 1. The third-order valence-corrected chi connectivity index (χ3v) is 4.52. The molecule has 0 unspecified atom stereocenters. The summed E-state index contributed by atoms with van der Waals surface area (Å²) in [4.78, 5) is 2.22. The van der Waals surface area contributed by atoms with Crippen LogP contribution in [-0.4, -0.2) is 19.0 Å². The minimum absolute atomic E-state index is 0.296. The van der Waals surface area contributed by atoms with Crippen LogP contribution >= 0.6 is 0 Å². The van der Waals surface area contributed by atoms with Crippen LogP contribution in [0.25, 0.3) is 11.1 Å². The molecule has 1 nitrogen and oxygen atoms in total. The number of hydrogen-bond donors (Lipinski definition) is 0. The molecule has 0 aliphatic carbocycles. The Morgan fingerprint density at radius 3 is 2.05 bits per heavy atom. The van der Waals surface area contributed by atoms with Gasteiger partial charge in [0, 0.05) is 6.54 Å². The van der Waals surface area contributed by atoms with Gasteiger partial charge in [-0.05, 0) is 47.7 Å². The van der Waals surface area contributed by atoms with Gasteiger partial charge in [0.2, 0.25) is 0 Å². The van der Waals surface area contributed by atoms with Crippen molar-refractivity contribution in [2.75, 3.05) is 14.1 Å². The van der Waals surface area contributed by atoms with Crippen molar-refractivity contribution in [3.05, 3.63) is 59.7 Å². The number of nitrogens with zero attached hydrogens (tertiary/aromatic N) is 1. The normalized spacial score (nSPS) is 13.4. The summed E-state index contributed by atoms with van der Waals surface area (Å²) in [5.41, 5.74) is 5.74. The van der Waals surface area contributed by atoms with Gasteiger partial charge in [-0.2, -0.15) is 0 Å². The van der Waals surface area contributed by atoms with E-state index in [0.717, 1.165) is 6.54 Å². The molecule has 0 aliphatic heterocycles. The molecule has 0 saturated carbocycles. The Morgan fingerprint density at radius 1 is 0.909 bits per heavy atom. The number of benzene rings is 2. The molecule has 0 N–H and O–H groups in total. The number of rotatable bonds is 4. The van der Waals surface area contributed by atoms with Crippen molar-refractivity contribution in [1.29, 1.82) is 0 Å². The van der Waals surface area contributed by atoms with Crippen LogP contribution in [-0.2, 0) is 6.54 Å². The molecule has 0 aromatic heterocycles. The minimum atomic E-state index is 0.296. The molecule has 1 heteroatoms. The van der Waals surface area contributed by atoms with Crippen LogP contribution in [0.5, 0.6) is 0 Å². The minimum Gasteiger partial charge on any atom is -0.305 e. The van der Waals surface area contributed by atoms with E-state index in [4.69, 9.17) is 0 Å². The SMILES string of the molecule is C[C@H](c1ccc(-c2ccccc2CN(C)C)cc1)C(C)(C)C. The van der Waals surface area contributed by atoms with Crippen LogP contribution in [0.1, 0.15) is 44.7 Å². The van der Waals surface area contributed by atoms with Gasteiger partial charge in [-0.15, -0.1) is 0 Å². The summed E-state index contributed by atoms with van der Waals surface area (Å²) in [6.45, 7) is 10.2. The van der Waals surface area contributed by atoms with Crippen molar-refractivity contribution >= 4 is 0 Å².